The van der Waals surface area contributed by atoms with E-state index in [9.17, 15) is 9.59 Å². The fourth-order valence-electron chi connectivity index (χ4n) is 4.37. The number of ether oxygens (including phenoxy) is 3. The van der Waals surface area contributed by atoms with Gasteiger partial charge in [0, 0.05) is 25.1 Å². The number of anilines is 2. The van der Waals surface area contributed by atoms with Gasteiger partial charge in [0.05, 0.1) is 22.3 Å². The second-order valence-corrected chi connectivity index (χ2v) is 15.6. The second kappa shape index (κ2) is 12.1. The van der Waals surface area contributed by atoms with E-state index in [0.717, 1.165) is 12.5 Å². The van der Waals surface area contributed by atoms with E-state index in [2.05, 4.69) is 41.4 Å². The molecule has 2 amide bonds. The third-order valence-corrected chi connectivity index (χ3v) is 11.0. The minimum Gasteiger partial charge on any atom is -0.479 e. The molecule has 3 heterocycles. The molecule has 4 rings (SSSR count). The zero-order valence-electron chi connectivity index (χ0n) is 24.1. The van der Waals surface area contributed by atoms with Crippen LogP contribution in [0.15, 0.2) is 40.8 Å². The van der Waals surface area contributed by atoms with E-state index in [1.807, 2.05) is 37.2 Å². The molecular formula is C28H37N5O6Si. The minimum atomic E-state index is -1.54. The number of amides is 2. The van der Waals surface area contributed by atoms with Gasteiger partial charge >= 0.3 is 0 Å². The Balaban J connectivity index is 1.51. The van der Waals surface area contributed by atoms with Gasteiger partial charge in [0.1, 0.15) is 5.75 Å². The zero-order valence-corrected chi connectivity index (χ0v) is 25.1. The number of hydrogen-bond donors (Lipinski definition) is 1. The lowest BCUT2D eigenvalue weighted by Crippen LogP contribution is -2.46. The Labute approximate surface area is 235 Å². The van der Waals surface area contributed by atoms with Crippen LogP contribution in [-0.4, -0.2) is 75.7 Å². The van der Waals surface area contributed by atoms with E-state index in [1.54, 1.807) is 6.07 Å². The second-order valence-electron chi connectivity index (χ2n) is 10.5. The Morgan fingerprint density at radius 3 is 2.45 bits per heavy atom. The van der Waals surface area contributed by atoms with Gasteiger partial charge in [-0.1, -0.05) is 43.4 Å². The van der Waals surface area contributed by atoms with Crippen LogP contribution in [0.3, 0.4) is 0 Å². The van der Waals surface area contributed by atoms with Crippen molar-refractivity contribution in [3.05, 3.63) is 42.2 Å². The molecule has 0 aliphatic carbocycles. The van der Waals surface area contributed by atoms with Crippen molar-refractivity contribution >= 4 is 36.7 Å². The largest absolute Gasteiger partial charge is 0.479 e. The maximum Gasteiger partial charge on any atom is 0.291 e. The molecule has 1 aliphatic heterocycles. The minimum absolute atomic E-state index is 0.0172. The molecule has 1 atom stereocenters. The lowest BCUT2D eigenvalue weighted by molar-refractivity contribution is -0.121. The van der Waals surface area contributed by atoms with Crippen molar-refractivity contribution in [2.75, 3.05) is 45.1 Å². The molecule has 40 heavy (non-hydrogen) atoms. The summed E-state index contributed by atoms with van der Waals surface area (Å²) in [6.45, 7) is 7.28. The summed E-state index contributed by atoms with van der Waals surface area (Å²) in [5.41, 5.74) is 0.118. The average Bonchev–Trinajstić information content (AvgIpc) is 3.41. The summed E-state index contributed by atoms with van der Waals surface area (Å²) in [6.07, 6.45) is 1.13. The highest BCUT2D eigenvalue weighted by Crippen LogP contribution is 2.35. The first kappa shape index (κ1) is 29.1. The van der Waals surface area contributed by atoms with Crippen molar-refractivity contribution in [1.82, 2.24) is 14.9 Å². The van der Waals surface area contributed by atoms with Crippen LogP contribution in [0.25, 0.3) is 0 Å². The monoisotopic (exact) mass is 567 g/mol. The molecule has 1 N–H and O–H groups in total. The first-order valence-corrected chi connectivity index (χ1v) is 16.4. The number of benzene rings is 1. The summed E-state index contributed by atoms with van der Waals surface area (Å²) in [5.74, 6) is 0.440. The third-order valence-electron chi connectivity index (χ3n) is 7.35. The SMILES string of the molecule is CC[Si](C)(C)c1cccc(Oc2ccc(C(=O)Nc3c(OC)nc(N4CCC(N(C)C)CC4=O)nc3OC)o2)c1. The van der Waals surface area contributed by atoms with Gasteiger partial charge in [-0.05, 0) is 38.7 Å². The van der Waals surface area contributed by atoms with Crippen molar-refractivity contribution < 1.29 is 28.2 Å². The molecule has 12 heteroatoms. The Bertz CT molecular complexity index is 1350. The first-order valence-electron chi connectivity index (χ1n) is 13.2. The van der Waals surface area contributed by atoms with Gasteiger partial charge in [-0.15, -0.1) is 0 Å². The number of nitrogens with zero attached hydrogens (tertiary/aromatic N) is 4. The number of carbonyl (C=O) groups excluding carboxylic acids is 2. The van der Waals surface area contributed by atoms with Gasteiger partial charge in [0.25, 0.3) is 11.9 Å². The van der Waals surface area contributed by atoms with Gasteiger partial charge in [0.15, 0.2) is 11.4 Å². The van der Waals surface area contributed by atoms with Crippen molar-refractivity contribution in [2.45, 2.75) is 44.9 Å². The fourth-order valence-corrected chi connectivity index (χ4v) is 5.86. The van der Waals surface area contributed by atoms with E-state index in [0.29, 0.717) is 18.7 Å². The average molecular weight is 568 g/mol. The van der Waals surface area contributed by atoms with Crippen LogP contribution in [0, 0.1) is 0 Å². The summed E-state index contributed by atoms with van der Waals surface area (Å²) in [6, 6.07) is 12.3. The van der Waals surface area contributed by atoms with Crippen molar-refractivity contribution in [3.63, 3.8) is 0 Å². The van der Waals surface area contributed by atoms with Crippen molar-refractivity contribution in [1.29, 1.82) is 0 Å². The molecule has 1 unspecified atom stereocenters. The van der Waals surface area contributed by atoms with Gasteiger partial charge in [-0.25, -0.2) is 0 Å². The molecule has 1 saturated heterocycles. The maximum atomic E-state index is 13.1. The topological polar surface area (TPSA) is 119 Å². The number of rotatable bonds is 10. The Morgan fingerprint density at radius 2 is 1.85 bits per heavy atom. The molecular weight excluding hydrogens is 530 g/mol. The van der Waals surface area contributed by atoms with Crippen LogP contribution >= 0.6 is 0 Å². The molecule has 2 aromatic heterocycles. The van der Waals surface area contributed by atoms with Crippen LogP contribution in [0.5, 0.6) is 23.5 Å². The zero-order chi connectivity index (χ0) is 29.0. The van der Waals surface area contributed by atoms with Gasteiger partial charge in [-0.2, -0.15) is 9.97 Å². The van der Waals surface area contributed by atoms with E-state index in [1.165, 1.54) is 30.4 Å². The summed E-state index contributed by atoms with van der Waals surface area (Å²) < 4.78 is 22.5. The molecule has 11 nitrogen and oxygen atoms in total. The smallest absolute Gasteiger partial charge is 0.291 e. The predicted molar refractivity (Wildman–Crippen MR) is 155 cm³/mol. The van der Waals surface area contributed by atoms with Crippen LogP contribution in [0.2, 0.25) is 19.1 Å². The quantitative estimate of drug-likeness (QED) is 0.361. The Hall–Kier alpha value is -3.90. The normalized spacial score (nSPS) is 15.8. The molecule has 3 aromatic rings. The van der Waals surface area contributed by atoms with Crippen LogP contribution in [0.1, 0.15) is 30.3 Å². The molecule has 1 aromatic carbocycles. The molecule has 0 radical (unpaired) electrons. The van der Waals surface area contributed by atoms with E-state index < -0.39 is 14.0 Å². The van der Waals surface area contributed by atoms with E-state index in [4.69, 9.17) is 18.6 Å². The Morgan fingerprint density at radius 1 is 1.15 bits per heavy atom. The fraction of sp³-hybridized carbons (Fsp3) is 0.429. The summed E-state index contributed by atoms with van der Waals surface area (Å²) >= 11 is 0. The number of methoxy groups -OCH3 is 2. The van der Waals surface area contributed by atoms with Gasteiger partial charge in [-0.3, -0.25) is 14.5 Å². The summed E-state index contributed by atoms with van der Waals surface area (Å²) in [7, 11) is 5.20. The number of furan rings is 1. The van der Waals surface area contributed by atoms with Gasteiger partial charge < -0.3 is 28.8 Å². The third kappa shape index (κ3) is 6.28. The summed E-state index contributed by atoms with van der Waals surface area (Å²) in [4.78, 5) is 38.2. The lowest BCUT2D eigenvalue weighted by atomic mass is 10.0. The Kier molecular flexibility index (Phi) is 8.79. The standard InChI is InChI=1S/C28H37N5O6Si/c1-8-40(6,7)20-11-9-10-19(17-20)38-23-13-12-21(39-23)25(35)29-24-26(36-4)30-28(31-27(24)37-5)33-15-14-18(32(2)3)16-22(33)34/h9-13,17-18H,8,14-16H2,1-7H3,(H,29,35). The molecule has 0 bridgehead atoms. The highest BCUT2D eigenvalue weighted by Gasteiger charge is 2.31. The predicted octanol–water partition coefficient (Wildman–Crippen LogP) is 4.12. The molecule has 0 spiro atoms. The first-order chi connectivity index (χ1) is 19.1. The van der Waals surface area contributed by atoms with Gasteiger partial charge in [0.2, 0.25) is 23.6 Å². The molecule has 214 valence electrons. The molecule has 0 saturated carbocycles. The highest BCUT2D eigenvalue weighted by atomic mass is 28.3. The number of piperidine rings is 1. The van der Waals surface area contributed by atoms with Crippen molar-refractivity contribution in [3.8, 4) is 23.5 Å². The molecule has 1 aliphatic rings. The highest BCUT2D eigenvalue weighted by molar-refractivity contribution is 6.89. The van der Waals surface area contributed by atoms with Crippen LogP contribution in [-0.2, 0) is 4.79 Å². The number of aromatic nitrogens is 2. The number of carbonyl (C=O) groups is 2. The number of nitrogens with one attached hydrogen (secondary N) is 1. The van der Waals surface area contributed by atoms with E-state index >= 15 is 0 Å². The maximum absolute atomic E-state index is 13.1. The number of hydrogen-bond acceptors (Lipinski definition) is 9. The van der Waals surface area contributed by atoms with Crippen molar-refractivity contribution in [2.24, 2.45) is 0 Å². The van der Waals surface area contributed by atoms with Crippen LogP contribution in [0.4, 0.5) is 11.6 Å². The summed E-state index contributed by atoms with van der Waals surface area (Å²) in [5, 5.41) is 3.99. The van der Waals surface area contributed by atoms with E-state index in [-0.39, 0.29) is 47.1 Å². The lowest BCUT2D eigenvalue weighted by Gasteiger charge is -2.33. The van der Waals surface area contributed by atoms with Crippen LogP contribution < -0.4 is 29.6 Å². The molecule has 1 fully saturated rings.